The molecule has 2 atom stereocenters. The van der Waals surface area contributed by atoms with Gasteiger partial charge in [0.15, 0.2) is 0 Å². The second-order valence-electron chi connectivity index (χ2n) is 5.75. The maximum absolute atomic E-state index is 5.22. The summed E-state index contributed by atoms with van der Waals surface area (Å²) in [5, 5.41) is 8.28. The van der Waals surface area contributed by atoms with Crippen molar-refractivity contribution in [3.05, 3.63) is 16.4 Å². The predicted octanol–water partition coefficient (Wildman–Crippen LogP) is 3.62. The van der Waals surface area contributed by atoms with Gasteiger partial charge >= 0.3 is 0 Å². The zero-order chi connectivity index (χ0) is 15.3. The van der Waals surface area contributed by atoms with Gasteiger partial charge in [-0.2, -0.15) is 16.9 Å². The van der Waals surface area contributed by atoms with E-state index in [9.17, 15) is 0 Å². The fraction of sp³-hybridized carbons (Fsp3) is 0.800. The van der Waals surface area contributed by atoms with Gasteiger partial charge in [0.2, 0.25) is 0 Å². The molecule has 0 spiro atoms. The van der Waals surface area contributed by atoms with Crippen LogP contribution >= 0.6 is 27.7 Å². The number of hydrogen-bond acceptors (Lipinski definition) is 4. The molecule has 0 radical (unpaired) electrons. The van der Waals surface area contributed by atoms with Gasteiger partial charge in [-0.3, -0.25) is 4.68 Å². The van der Waals surface area contributed by atoms with E-state index in [1.807, 2.05) is 6.20 Å². The van der Waals surface area contributed by atoms with E-state index in [4.69, 9.17) is 4.74 Å². The van der Waals surface area contributed by atoms with Crippen molar-refractivity contribution < 1.29 is 4.74 Å². The van der Waals surface area contributed by atoms with Gasteiger partial charge < -0.3 is 10.1 Å². The first-order valence-corrected chi connectivity index (χ1v) is 9.47. The molecule has 1 aliphatic heterocycles. The zero-order valence-corrected chi connectivity index (χ0v) is 15.6. The van der Waals surface area contributed by atoms with E-state index in [0.29, 0.717) is 12.6 Å². The lowest BCUT2D eigenvalue weighted by Crippen LogP contribution is -2.39. The summed E-state index contributed by atoms with van der Waals surface area (Å²) in [6, 6.07) is 0.318. The van der Waals surface area contributed by atoms with Crippen molar-refractivity contribution in [2.24, 2.45) is 0 Å². The quantitative estimate of drug-likeness (QED) is 0.752. The van der Waals surface area contributed by atoms with Crippen molar-refractivity contribution in [1.82, 2.24) is 15.1 Å². The van der Waals surface area contributed by atoms with Crippen molar-refractivity contribution in [2.75, 3.05) is 26.0 Å². The fourth-order valence-electron chi connectivity index (χ4n) is 2.93. The van der Waals surface area contributed by atoms with Crippen molar-refractivity contribution >= 4 is 27.7 Å². The third-order valence-corrected chi connectivity index (χ3v) is 6.28. The first-order chi connectivity index (χ1) is 10.1. The summed E-state index contributed by atoms with van der Waals surface area (Å²) in [6.07, 6.45) is 5.60. The molecule has 2 heterocycles. The van der Waals surface area contributed by atoms with Crippen molar-refractivity contribution in [2.45, 2.75) is 50.4 Å². The van der Waals surface area contributed by atoms with E-state index in [-0.39, 0.29) is 4.75 Å². The highest BCUT2D eigenvalue weighted by Gasteiger charge is 2.41. The Hall–Kier alpha value is -0.0400. The molecular formula is C15H26BrN3OS. The topological polar surface area (TPSA) is 39.1 Å². The highest BCUT2D eigenvalue weighted by Crippen LogP contribution is 2.47. The summed E-state index contributed by atoms with van der Waals surface area (Å²) >= 11 is 5.79. The van der Waals surface area contributed by atoms with Crippen LogP contribution in [-0.4, -0.2) is 40.5 Å². The molecule has 120 valence electrons. The molecule has 6 heteroatoms. The fourth-order valence-corrected chi connectivity index (χ4v) is 4.86. The number of aromatic nitrogens is 2. The molecule has 0 aromatic carbocycles. The Morgan fingerprint density at radius 3 is 3.05 bits per heavy atom. The molecule has 0 amide bonds. The molecule has 1 saturated heterocycles. The predicted molar refractivity (Wildman–Crippen MR) is 92.9 cm³/mol. The van der Waals surface area contributed by atoms with E-state index in [2.05, 4.69) is 56.6 Å². The molecule has 1 fully saturated rings. The summed E-state index contributed by atoms with van der Waals surface area (Å²) in [4.78, 5) is 0. The van der Waals surface area contributed by atoms with E-state index in [1.165, 1.54) is 24.3 Å². The van der Waals surface area contributed by atoms with Gasteiger partial charge in [-0.25, -0.2) is 0 Å². The van der Waals surface area contributed by atoms with Gasteiger partial charge in [-0.05, 0) is 54.4 Å². The van der Waals surface area contributed by atoms with E-state index in [1.54, 1.807) is 7.11 Å². The standard InChI is InChI=1S/C15H26BrN3OS/c1-4-7-17-14(15(2)6-5-10-21-15)13-12(16)11-18-19(13)8-9-20-3/h11,14,17H,4-10H2,1-3H3. The maximum Gasteiger partial charge on any atom is 0.0710 e. The molecule has 1 N–H and O–H groups in total. The average Bonchev–Trinajstić information content (AvgIpc) is 3.06. The lowest BCUT2D eigenvalue weighted by atomic mass is 9.93. The summed E-state index contributed by atoms with van der Waals surface area (Å²) in [7, 11) is 1.74. The zero-order valence-electron chi connectivity index (χ0n) is 13.2. The van der Waals surface area contributed by atoms with Crippen LogP contribution < -0.4 is 5.32 Å². The number of nitrogens with one attached hydrogen (secondary N) is 1. The van der Waals surface area contributed by atoms with Crippen LogP contribution in [0.1, 0.15) is 44.8 Å². The normalized spacial score (nSPS) is 23.6. The second kappa shape index (κ2) is 7.99. The lowest BCUT2D eigenvalue weighted by Gasteiger charge is -2.35. The monoisotopic (exact) mass is 375 g/mol. The van der Waals surface area contributed by atoms with Crippen LogP contribution in [-0.2, 0) is 11.3 Å². The summed E-state index contributed by atoms with van der Waals surface area (Å²) in [5.74, 6) is 1.25. The Labute approximate surface area is 140 Å². The third kappa shape index (κ3) is 4.03. The van der Waals surface area contributed by atoms with Crippen LogP contribution in [0.3, 0.4) is 0 Å². The molecule has 2 unspecified atom stereocenters. The van der Waals surface area contributed by atoms with Gasteiger partial charge in [0.1, 0.15) is 0 Å². The van der Waals surface area contributed by atoms with E-state index in [0.717, 1.165) is 24.0 Å². The molecule has 2 rings (SSSR count). The molecule has 0 aliphatic carbocycles. The minimum Gasteiger partial charge on any atom is -0.383 e. The number of rotatable bonds is 8. The van der Waals surface area contributed by atoms with Crippen LogP contribution in [0.5, 0.6) is 0 Å². The minimum absolute atomic E-state index is 0.239. The minimum atomic E-state index is 0.239. The van der Waals surface area contributed by atoms with Crippen molar-refractivity contribution in [3.8, 4) is 0 Å². The number of ether oxygens (including phenoxy) is 1. The van der Waals surface area contributed by atoms with Crippen LogP contribution in [0.4, 0.5) is 0 Å². The van der Waals surface area contributed by atoms with Gasteiger partial charge in [0, 0.05) is 11.9 Å². The smallest absolute Gasteiger partial charge is 0.0710 e. The largest absolute Gasteiger partial charge is 0.383 e. The molecule has 0 saturated carbocycles. The number of methoxy groups -OCH3 is 1. The van der Waals surface area contributed by atoms with E-state index >= 15 is 0 Å². The summed E-state index contributed by atoms with van der Waals surface area (Å²) < 4.78 is 8.64. The van der Waals surface area contributed by atoms with Gasteiger partial charge in [0.25, 0.3) is 0 Å². The Kier molecular flexibility index (Phi) is 6.59. The first kappa shape index (κ1) is 17.3. The van der Waals surface area contributed by atoms with Crippen LogP contribution in [0.15, 0.2) is 10.7 Å². The van der Waals surface area contributed by atoms with Crippen molar-refractivity contribution in [3.63, 3.8) is 0 Å². The Morgan fingerprint density at radius 1 is 1.62 bits per heavy atom. The van der Waals surface area contributed by atoms with Crippen LogP contribution in [0.2, 0.25) is 0 Å². The van der Waals surface area contributed by atoms with Gasteiger partial charge in [0.05, 0.1) is 35.6 Å². The molecule has 4 nitrogen and oxygen atoms in total. The number of hydrogen-bond donors (Lipinski definition) is 1. The lowest BCUT2D eigenvalue weighted by molar-refractivity contribution is 0.181. The molecule has 0 bridgehead atoms. The molecule has 21 heavy (non-hydrogen) atoms. The number of nitrogens with zero attached hydrogens (tertiary/aromatic N) is 2. The van der Waals surface area contributed by atoms with Crippen LogP contribution in [0.25, 0.3) is 0 Å². The van der Waals surface area contributed by atoms with E-state index < -0.39 is 0 Å². The summed E-state index contributed by atoms with van der Waals surface area (Å²) in [5.41, 5.74) is 1.26. The second-order valence-corrected chi connectivity index (χ2v) is 8.23. The number of halogens is 1. The summed E-state index contributed by atoms with van der Waals surface area (Å²) in [6.45, 7) is 7.11. The van der Waals surface area contributed by atoms with Crippen molar-refractivity contribution in [1.29, 1.82) is 0 Å². The highest BCUT2D eigenvalue weighted by molar-refractivity contribution is 9.10. The SMILES string of the molecule is CCCNC(c1c(Br)cnn1CCOC)C1(C)CCCS1. The van der Waals surface area contributed by atoms with Gasteiger partial charge in [-0.15, -0.1) is 0 Å². The van der Waals surface area contributed by atoms with Crippen LogP contribution in [0, 0.1) is 0 Å². The third-order valence-electron chi connectivity index (χ3n) is 4.07. The Bertz CT molecular complexity index is 446. The average molecular weight is 376 g/mol. The first-order valence-electron chi connectivity index (χ1n) is 7.70. The number of thioether (sulfide) groups is 1. The Morgan fingerprint density at radius 2 is 2.43 bits per heavy atom. The van der Waals surface area contributed by atoms with Gasteiger partial charge in [-0.1, -0.05) is 6.92 Å². The highest BCUT2D eigenvalue weighted by atomic mass is 79.9. The molecular weight excluding hydrogens is 350 g/mol. The molecule has 1 aromatic rings. The molecule has 1 aromatic heterocycles. The Balaban J connectivity index is 2.29. The molecule has 1 aliphatic rings. The maximum atomic E-state index is 5.22.